The molecule has 2 atom stereocenters. The first kappa shape index (κ1) is 21.5. The minimum Gasteiger partial charge on any atom is -0.458 e. The van der Waals surface area contributed by atoms with Crippen molar-refractivity contribution >= 4 is 28.7 Å². The van der Waals surface area contributed by atoms with Crippen LogP contribution in [-0.2, 0) is 21.6 Å². The van der Waals surface area contributed by atoms with Crippen LogP contribution in [0, 0.1) is 13.8 Å². The Balaban J connectivity index is 1.36. The number of hydrogen-bond acceptors (Lipinski definition) is 5. The Kier molecular flexibility index (Phi) is 5.12. The number of hydrogen-bond donors (Lipinski definition) is 1. The highest BCUT2D eigenvalue weighted by molar-refractivity contribution is 6.11. The number of furan rings is 1. The molecule has 0 aliphatic carbocycles. The average Bonchev–Trinajstić information content (AvgIpc) is 3.55. The van der Waals surface area contributed by atoms with E-state index < -0.39 is 17.5 Å². The maximum absolute atomic E-state index is 13.3. The van der Waals surface area contributed by atoms with Crippen molar-refractivity contribution in [2.75, 3.05) is 13.2 Å². The van der Waals surface area contributed by atoms with Crippen LogP contribution in [0.4, 0.5) is 4.79 Å². The van der Waals surface area contributed by atoms with Crippen molar-refractivity contribution in [1.29, 1.82) is 0 Å². The molecule has 8 nitrogen and oxygen atoms in total. The summed E-state index contributed by atoms with van der Waals surface area (Å²) >= 11 is 0. The zero-order valence-electron chi connectivity index (χ0n) is 19.0. The Hall–Kier alpha value is -3.39. The molecule has 0 radical (unpaired) electrons. The Labute approximate surface area is 191 Å². The van der Waals surface area contributed by atoms with Crippen LogP contribution < -0.4 is 5.32 Å². The summed E-state index contributed by atoms with van der Waals surface area (Å²) in [4.78, 5) is 40.1. The number of imide groups is 1. The number of aromatic nitrogens is 1. The van der Waals surface area contributed by atoms with Gasteiger partial charge < -0.3 is 19.0 Å². The third kappa shape index (κ3) is 3.54. The first-order chi connectivity index (χ1) is 15.8. The van der Waals surface area contributed by atoms with Crippen molar-refractivity contribution < 1.29 is 23.5 Å². The third-order valence-electron chi connectivity index (χ3n) is 6.78. The molecule has 0 saturated carbocycles. The second-order valence-corrected chi connectivity index (χ2v) is 9.05. The second-order valence-electron chi connectivity index (χ2n) is 9.05. The Morgan fingerprint density at radius 1 is 1.21 bits per heavy atom. The number of ether oxygens (including phenoxy) is 1. The van der Waals surface area contributed by atoms with E-state index in [1.165, 1.54) is 0 Å². The lowest BCUT2D eigenvalue weighted by atomic mass is 9.98. The van der Waals surface area contributed by atoms with Gasteiger partial charge in [0.2, 0.25) is 0 Å². The quantitative estimate of drug-likeness (QED) is 0.458. The van der Waals surface area contributed by atoms with Crippen LogP contribution in [0.25, 0.3) is 11.0 Å². The highest BCUT2D eigenvalue weighted by Crippen LogP contribution is 2.33. The van der Waals surface area contributed by atoms with Gasteiger partial charge in [-0.3, -0.25) is 14.5 Å². The smallest absolute Gasteiger partial charge is 0.325 e. The molecule has 2 aliphatic heterocycles. The zero-order chi connectivity index (χ0) is 23.3. The normalized spacial score (nSPS) is 23.0. The number of amides is 3. The SMILES string of the molecule is Cc1cc(C(=O)CN2C(=O)N[C@@](C)(c3cc4ccccc4o3)C2=O)c(C)n1C[C@H]1CCCO1. The van der Waals surface area contributed by atoms with E-state index in [0.29, 0.717) is 23.5 Å². The molecular weight excluding hydrogens is 422 g/mol. The van der Waals surface area contributed by atoms with Crippen molar-refractivity contribution in [3.05, 3.63) is 59.1 Å². The van der Waals surface area contributed by atoms with Gasteiger partial charge >= 0.3 is 6.03 Å². The molecule has 172 valence electrons. The first-order valence-corrected chi connectivity index (χ1v) is 11.2. The number of ketones is 1. The number of carbonyl (C=O) groups is 3. The average molecular weight is 450 g/mol. The molecule has 3 aromatic rings. The fourth-order valence-electron chi connectivity index (χ4n) is 4.82. The molecule has 1 aromatic carbocycles. The number of fused-ring (bicyclic) bond motifs is 1. The van der Waals surface area contributed by atoms with E-state index in [0.717, 1.165) is 41.1 Å². The van der Waals surface area contributed by atoms with Crippen LogP contribution in [0.15, 0.2) is 40.8 Å². The molecule has 1 N–H and O–H groups in total. The molecule has 0 unspecified atom stereocenters. The van der Waals surface area contributed by atoms with Gasteiger partial charge in [-0.15, -0.1) is 0 Å². The van der Waals surface area contributed by atoms with E-state index in [1.807, 2.05) is 38.1 Å². The summed E-state index contributed by atoms with van der Waals surface area (Å²) in [6, 6.07) is 10.4. The van der Waals surface area contributed by atoms with Gasteiger partial charge in [-0.1, -0.05) is 18.2 Å². The van der Waals surface area contributed by atoms with E-state index in [9.17, 15) is 14.4 Å². The van der Waals surface area contributed by atoms with Gasteiger partial charge in [0.15, 0.2) is 11.3 Å². The molecular formula is C25H27N3O5. The van der Waals surface area contributed by atoms with Crippen molar-refractivity contribution in [3.8, 4) is 0 Å². The maximum atomic E-state index is 13.3. The third-order valence-corrected chi connectivity index (χ3v) is 6.78. The second kappa shape index (κ2) is 7.88. The molecule has 4 heterocycles. The highest BCUT2D eigenvalue weighted by atomic mass is 16.5. The largest absolute Gasteiger partial charge is 0.458 e. The molecule has 2 aromatic heterocycles. The predicted molar refractivity (Wildman–Crippen MR) is 121 cm³/mol. The molecule has 0 bridgehead atoms. The van der Waals surface area contributed by atoms with Crippen LogP contribution in [-0.4, -0.2) is 46.4 Å². The molecule has 33 heavy (non-hydrogen) atoms. The summed E-state index contributed by atoms with van der Waals surface area (Å²) in [5, 5.41) is 3.55. The van der Waals surface area contributed by atoms with E-state index in [4.69, 9.17) is 9.15 Å². The summed E-state index contributed by atoms with van der Waals surface area (Å²) in [5.41, 5.74) is 1.55. The summed E-state index contributed by atoms with van der Waals surface area (Å²) < 4.78 is 13.7. The Morgan fingerprint density at radius 3 is 2.73 bits per heavy atom. The molecule has 8 heteroatoms. The van der Waals surface area contributed by atoms with Crippen LogP contribution in [0.1, 0.15) is 47.3 Å². The summed E-state index contributed by atoms with van der Waals surface area (Å²) in [6.45, 7) is 6.57. The lowest BCUT2D eigenvalue weighted by molar-refractivity contribution is -0.131. The molecule has 0 spiro atoms. The van der Waals surface area contributed by atoms with E-state index in [1.54, 1.807) is 19.1 Å². The van der Waals surface area contributed by atoms with Gasteiger partial charge in [-0.2, -0.15) is 0 Å². The molecule has 5 rings (SSSR count). The zero-order valence-corrected chi connectivity index (χ0v) is 19.0. The number of para-hydroxylation sites is 1. The maximum Gasteiger partial charge on any atom is 0.325 e. The van der Waals surface area contributed by atoms with Crippen molar-refractivity contribution in [1.82, 2.24) is 14.8 Å². The molecule has 3 amide bonds. The lowest BCUT2D eigenvalue weighted by Gasteiger charge is -2.19. The number of benzene rings is 1. The lowest BCUT2D eigenvalue weighted by Crippen LogP contribution is -2.41. The number of carbonyl (C=O) groups excluding carboxylic acids is 3. The number of aryl methyl sites for hydroxylation is 1. The standard InChI is InChI=1S/C25H27N3O5/c1-15-11-19(16(2)27(15)13-18-8-6-10-32-18)20(29)14-28-23(30)25(3,26-24(28)31)22-12-17-7-4-5-9-21(17)33-22/h4-5,7,9,11-12,18H,6,8,10,13-14H2,1-3H3,(H,26,31)/t18-,25+/m1/s1. The van der Waals surface area contributed by atoms with Crippen molar-refractivity contribution in [2.24, 2.45) is 0 Å². The minimum absolute atomic E-state index is 0.146. The number of urea groups is 1. The van der Waals surface area contributed by atoms with Crippen LogP contribution in [0.3, 0.4) is 0 Å². The number of rotatable bonds is 6. The van der Waals surface area contributed by atoms with Gasteiger partial charge in [0.1, 0.15) is 11.3 Å². The van der Waals surface area contributed by atoms with Gasteiger partial charge in [-0.05, 0) is 51.8 Å². The topological polar surface area (TPSA) is 93.8 Å². The minimum atomic E-state index is -1.37. The van der Waals surface area contributed by atoms with E-state index in [2.05, 4.69) is 9.88 Å². The summed E-state index contributed by atoms with van der Waals surface area (Å²) in [6.07, 6.45) is 2.20. The number of nitrogens with one attached hydrogen (secondary N) is 1. The Morgan fingerprint density at radius 2 is 2.00 bits per heavy atom. The van der Waals surface area contributed by atoms with Crippen LogP contribution >= 0.6 is 0 Å². The van der Waals surface area contributed by atoms with Crippen molar-refractivity contribution in [2.45, 2.75) is 51.8 Å². The van der Waals surface area contributed by atoms with E-state index in [-0.39, 0.29) is 18.4 Å². The molecule has 2 fully saturated rings. The Bertz CT molecular complexity index is 1230. The number of nitrogens with zero attached hydrogens (tertiary/aromatic N) is 2. The van der Waals surface area contributed by atoms with Crippen molar-refractivity contribution in [3.63, 3.8) is 0 Å². The van der Waals surface area contributed by atoms with Crippen LogP contribution in [0.2, 0.25) is 0 Å². The molecule has 2 aliphatic rings. The first-order valence-electron chi connectivity index (χ1n) is 11.2. The fourth-order valence-corrected chi connectivity index (χ4v) is 4.82. The van der Waals surface area contributed by atoms with Gasteiger partial charge in [-0.25, -0.2) is 4.79 Å². The summed E-state index contributed by atoms with van der Waals surface area (Å²) in [5.74, 6) is -0.446. The monoisotopic (exact) mass is 449 g/mol. The summed E-state index contributed by atoms with van der Waals surface area (Å²) in [7, 11) is 0. The van der Waals surface area contributed by atoms with Crippen LogP contribution in [0.5, 0.6) is 0 Å². The van der Waals surface area contributed by atoms with E-state index >= 15 is 0 Å². The molecule has 2 saturated heterocycles. The number of Topliss-reactive ketones (excluding diaryl/α,β-unsaturated/α-hetero) is 1. The fraction of sp³-hybridized carbons (Fsp3) is 0.400. The van der Waals surface area contributed by atoms with Gasteiger partial charge in [0.05, 0.1) is 12.6 Å². The predicted octanol–water partition coefficient (Wildman–Crippen LogP) is 3.68. The van der Waals surface area contributed by atoms with Gasteiger partial charge in [0.25, 0.3) is 5.91 Å². The highest BCUT2D eigenvalue weighted by Gasteiger charge is 2.51. The van der Waals surface area contributed by atoms with Gasteiger partial charge in [0, 0.05) is 35.5 Å².